The van der Waals surface area contributed by atoms with E-state index in [9.17, 15) is 0 Å². The summed E-state index contributed by atoms with van der Waals surface area (Å²) in [5.74, 6) is 0.754. The molecular formula is C12H17ClN4O. The summed E-state index contributed by atoms with van der Waals surface area (Å²) >= 11 is 6.30. The molecule has 18 heavy (non-hydrogen) atoms. The number of nitrogens with one attached hydrogen (secondary N) is 1. The first-order valence-electron chi connectivity index (χ1n) is 6.43. The van der Waals surface area contributed by atoms with Gasteiger partial charge in [-0.3, -0.25) is 0 Å². The van der Waals surface area contributed by atoms with Crippen molar-refractivity contribution in [2.45, 2.75) is 12.8 Å². The van der Waals surface area contributed by atoms with Crippen molar-refractivity contribution < 1.29 is 4.74 Å². The zero-order valence-electron chi connectivity index (χ0n) is 10.3. The molecule has 0 aliphatic carbocycles. The number of fused-ring (bicyclic) bond motifs is 1. The third-order valence-corrected chi connectivity index (χ3v) is 3.73. The first-order valence-corrected chi connectivity index (χ1v) is 6.81. The Hall–Kier alpha value is -0.910. The second kappa shape index (κ2) is 5.38. The van der Waals surface area contributed by atoms with Crippen LogP contribution in [0.2, 0.25) is 5.15 Å². The molecule has 0 bridgehead atoms. The lowest BCUT2D eigenvalue weighted by atomic mass is 10.1. The Bertz CT molecular complexity index is 434. The Morgan fingerprint density at radius 1 is 1.11 bits per heavy atom. The number of anilines is 1. The van der Waals surface area contributed by atoms with Gasteiger partial charge in [-0.1, -0.05) is 11.6 Å². The van der Waals surface area contributed by atoms with Gasteiger partial charge in [0.1, 0.15) is 5.15 Å². The highest BCUT2D eigenvalue weighted by molar-refractivity contribution is 6.30. The maximum absolute atomic E-state index is 6.30. The highest BCUT2D eigenvalue weighted by Gasteiger charge is 2.19. The molecule has 0 unspecified atom stereocenters. The SMILES string of the molecule is Clc1nc(N2CCOCC2)nc2c1CCNCC2. The van der Waals surface area contributed by atoms with Crippen LogP contribution in [0.4, 0.5) is 5.95 Å². The van der Waals surface area contributed by atoms with E-state index < -0.39 is 0 Å². The Morgan fingerprint density at radius 2 is 1.89 bits per heavy atom. The first-order chi connectivity index (χ1) is 8.84. The first kappa shape index (κ1) is 12.1. The second-order valence-electron chi connectivity index (χ2n) is 4.59. The van der Waals surface area contributed by atoms with Gasteiger partial charge in [-0.2, -0.15) is 0 Å². The molecule has 0 radical (unpaired) electrons. The van der Waals surface area contributed by atoms with Crippen LogP contribution in [0.15, 0.2) is 0 Å². The van der Waals surface area contributed by atoms with Crippen LogP contribution in [-0.4, -0.2) is 49.4 Å². The van der Waals surface area contributed by atoms with Crippen LogP contribution < -0.4 is 10.2 Å². The molecule has 98 valence electrons. The molecule has 0 amide bonds. The standard InChI is InChI=1S/C12H17ClN4O/c13-11-9-1-3-14-4-2-10(9)15-12(16-11)17-5-7-18-8-6-17/h14H,1-8H2. The topological polar surface area (TPSA) is 50.3 Å². The van der Waals surface area contributed by atoms with Crippen molar-refractivity contribution in [2.24, 2.45) is 0 Å². The van der Waals surface area contributed by atoms with Crippen LogP contribution >= 0.6 is 11.6 Å². The number of morpholine rings is 1. The molecule has 2 aliphatic rings. The molecule has 3 rings (SSSR count). The van der Waals surface area contributed by atoms with E-state index in [-0.39, 0.29) is 0 Å². The summed E-state index contributed by atoms with van der Waals surface area (Å²) in [4.78, 5) is 11.3. The number of aromatic nitrogens is 2. The zero-order chi connectivity index (χ0) is 12.4. The van der Waals surface area contributed by atoms with Gasteiger partial charge in [0.2, 0.25) is 5.95 Å². The fraction of sp³-hybridized carbons (Fsp3) is 0.667. The number of rotatable bonds is 1. The summed E-state index contributed by atoms with van der Waals surface area (Å²) < 4.78 is 5.34. The van der Waals surface area contributed by atoms with E-state index in [0.29, 0.717) is 5.15 Å². The quantitative estimate of drug-likeness (QED) is 0.758. The Morgan fingerprint density at radius 3 is 2.72 bits per heavy atom. The van der Waals surface area contributed by atoms with E-state index in [2.05, 4.69) is 15.2 Å². The summed E-state index contributed by atoms with van der Waals surface area (Å²) in [7, 11) is 0. The fourth-order valence-corrected chi connectivity index (χ4v) is 2.67. The molecular weight excluding hydrogens is 252 g/mol. The molecule has 3 heterocycles. The second-order valence-corrected chi connectivity index (χ2v) is 4.95. The summed E-state index contributed by atoms with van der Waals surface area (Å²) in [6, 6.07) is 0. The highest BCUT2D eigenvalue weighted by Crippen LogP contribution is 2.23. The van der Waals surface area contributed by atoms with Crippen molar-refractivity contribution in [1.82, 2.24) is 15.3 Å². The Kier molecular flexibility index (Phi) is 3.63. The van der Waals surface area contributed by atoms with Gasteiger partial charge in [0.15, 0.2) is 0 Å². The minimum absolute atomic E-state index is 0.616. The van der Waals surface area contributed by atoms with E-state index in [4.69, 9.17) is 21.3 Å². The third kappa shape index (κ3) is 2.43. The normalized spacial score (nSPS) is 20.4. The lowest BCUT2D eigenvalue weighted by molar-refractivity contribution is 0.122. The van der Waals surface area contributed by atoms with Crippen LogP contribution in [0, 0.1) is 0 Å². The molecule has 6 heteroatoms. The zero-order valence-corrected chi connectivity index (χ0v) is 11.0. The summed E-state index contributed by atoms with van der Waals surface area (Å²) in [5.41, 5.74) is 2.21. The van der Waals surface area contributed by atoms with E-state index >= 15 is 0 Å². The van der Waals surface area contributed by atoms with E-state index in [1.807, 2.05) is 0 Å². The van der Waals surface area contributed by atoms with Gasteiger partial charge in [0, 0.05) is 31.6 Å². The Balaban J connectivity index is 1.91. The van der Waals surface area contributed by atoms with E-state index in [1.165, 1.54) is 0 Å². The van der Waals surface area contributed by atoms with Gasteiger partial charge in [-0.05, 0) is 13.0 Å². The van der Waals surface area contributed by atoms with E-state index in [1.54, 1.807) is 0 Å². The minimum Gasteiger partial charge on any atom is -0.378 e. The smallest absolute Gasteiger partial charge is 0.227 e. The van der Waals surface area contributed by atoms with Gasteiger partial charge >= 0.3 is 0 Å². The number of hydrogen-bond donors (Lipinski definition) is 1. The monoisotopic (exact) mass is 268 g/mol. The van der Waals surface area contributed by atoms with Crippen LogP contribution in [0.25, 0.3) is 0 Å². The fourth-order valence-electron chi connectivity index (χ4n) is 2.39. The van der Waals surface area contributed by atoms with Crippen molar-refractivity contribution >= 4 is 17.5 Å². The molecule has 1 N–H and O–H groups in total. The average molecular weight is 269 g/mol. The predicted molar refractivity (Wildman–Crippen MR) is 70.4 cm³/mol. The summed E-state index contributed by atoms with van der Waals surface area (Å²) in [5, 5.41) is 3.98. The summed E-state index contributed by atoms with van der Waals surface area (Å²) in [6.07, 6.45) is 1.84. The van der Waals surface area contributed by atoms with Gasteiger partial charge in [-0.15, -0.1) is 0 Å². The molecule has 0 aromatic carbocycles. The van der Waals surface area contributed by atoms with Crippen molar-refractivity contribution in [3.63, 3.8) is 0 Å². The van der Waals surface area contributed by atoms with Crippen molar-refractivity contribution in [3.05, 3.63) is 16.4 Å². The average Bonchev–Trinajstić information content (AvgIpc) is 2.65. The maximum atomic E-state index is 6.30. The van der Waals surface area contributed by atoms with Crippen molar-refractivity contribution in [2.75, 3.05) is 44.3 Å². The molecule has 1 aromatic heterocycles. The molecule has 1 saturated heterocycles. The lowest BCUT2D eigenvalue weighted by Crippen LogP contribution is -2.37. The third-order valence-electron chi connectivity index (χ3n) is 3.41. The molecule has 1 aromatic rings. The maximum Gasteiger partial charge on any atom is 0.227 e. The van der Waals surface area contributed by atoms with Crippen LogP contribution in [0.1, 0.15) is 11.3 Å². The van der Waals surface area contributed by atoms with Crippen molar-refractivity contribution in [1.29, 1.82) is 0 Å². The number of hydrogen-bond acceptors (Lipinski definition) is 5. The summed E-state index contributed by atoms with van der Waals surface area (Å²) in [6.45, 7) is 5.07. The van der Waals surface area contributed by atoms with E-state index in [0.717, 1.165) is 69.4 Å². The number of ether oxygens (including phenoxy) is 1. The minimum atomic E-state index is 0.616. The molecule has 0 saturated carbocycles. The van der Waals surface area contributed by atoms with Gasteiger partial charge < -0.3 is 15.0 Å². The van der Waals surface area contributed by atoms with Gasteiger partial charge in [-0.25, -0.2) is 9.97 Å². The van der Waals surface area contributed by atoms with Gasteiger partial charge in [0.25, 0.3) is 0 Å². The molecule has 0 spiro atoms. The number of halogens is 1. The van der Waals surface area contributed by atoms with Crippen LogP contribution in [-0.2, 0) is 17.6 Å². The van der Waals surface area contributed by atoms with Crippen molar-refractivity contribution in [3.8, 4) is 0 Å². The Labute approximate surface area is 112 Å². The van der Waals surface area contributed by atoms with Crippen LogP contribution in [0.5, 0.6) is 0 Å². The highest BCUT2D eigenvalue weighted by atomic mass is 35.5. The molecule has 1 fully saturated rings. The molecule has 5 nitrogen and oxygen atoms in total. The lowest BCUT2D eigenvalue weighted by Gasteiger charge is -2.27. The van der Waals surface area contributed by atoms with Crippen LogP contribution in [0.3, 0.4) is 0 Å². The molecule has 2 aliphatic heterocycles. The largest absolute Gasteiger partial charge is 0.378 e. The van der Waals surface area contributed by atoms with Gasteiger partial charge in [0.05, 0.1) is 18.9 Å². The molecule has 0 atom stereocenters. The number of nitrogens with zero attached hydrogens (tertiary/aromatic N) is 3. The predicted octanol–water partition coefficient (Wildman–Crippen LogP) is 0.655.